The predicted molar refractivity (Wildman–Crippen MR) is 107 cm³/mol. The Hall–Kier alpha value is -3.02. The molecule has 1 atom stereocenters. The SMILES string of the molecule is COc1ccc(N2C[C@H](C(=O)Nc3ccc4c(c3)CCC4)CC2=O)c(OC)c1. The highest BCUT2D eigenvalue weighted by atomic mass is 16.5. The third-order valence-electron chi connectivity index (χ3n) is 5.54. The number of benzene rings is 2. The van der Waals surface area contributed by atoms with Gasteiger partial charge in [0.25, 0.3) is 0 Å². The number of hydrogen-bond acceptors (Lipinski definition) is 4. The van der Waals surface area contributed by atoms with Gasteiger partial charge in [0.2, 0.25) is 11.8 Å². The van der Waals surface area contributed by atoms with Crippen molar-refractivity contribution in [2.75, 3.05) is 31.0 Å². The highest BCUT2D eigenvalue weighted by molar-refractivity contribution is 6.04. The van der Waals surface area contributed by atoms with Gasteiger partial charge in [-0.05, 0) is 54.7 Å². The van der Waals surface area contributed by atoms with Gasteiger partial charge in [-0.25, -0.2) is 0 Å². The Balaban J connectivity index is 1.48. The fourth-order valence-electron chi connectivity index (χ4n) is 4.02. The molecule has 146 valence electrons. The van der Waals surface area contributed by atoms with E-state index in [0.717, 1.165) is 18.5 Å². The van der Waals surface area contributed by atoms with Crippen molar-refractivity contribution in [1.82, 2.24) is 0 Å². The summed E-state index contributed by atoms with van der Waals surface area (Å²) in [5.74, 6) is 0.594. The number of ether oxygens (including phenoxy) is 2. The molecule has 1 aliphatic heterocycles. The molecule has 28 heavy (non-hydrogen) atoms. The number of rotatable bonds is 5. The topological polar surface area (TPSA) is 67.9 Å². The molecule has 2 aromatic carbocycles. The highest BCUT2D eigenvalue weighted by Crippen LogP contribution is 2.36. The smallest absolute Gasteiger partial charge is 0.229 e. The second kappa shape index (κ2) is 7.54. The Bertz CT molecular complexity index is 925. The van der Waals surface area contributed by atoms with Crippen molar-refractivity contribution < 1.29 is 19.1 Å². The van der Waals surface area contributed by atoms with Gasteiger partial charge in [-0.3, -0.25) is 9.59 Å². The van der Waals surface area contributed by atoms with Crippen LogP contribution in [0.15, 0.2) is 36.4 Å². The van der Waals surface area contributed by atoms with Crippen molar-refractivity contribution in [3.8, 4) is 11.5 Å². The van der Waals surface area contributed by atoms with Crippen LogP contribution in [-0.2, 0) is 22.4 Å². The zero-order chi connectivity index (χ0) is 19.7. The Morgan fingerprint density at radius 3 is 2.68 bits per heavy atom. The number of amides is 2. The lowest BCUT2D eigenvalue weighted by Crippen LogP contribution is -2.28. The van der Waals surface area contributed by atoms with Crippen molar-refractivity contribution in [3.05, 3.63) is 47.5 Å². The van der Waals surface area contributed by atoms with Crippen LogP contribution in [0.1, 0.15) is 24.0 Å². The van der Waals surface area contributed by atoms with Crippen LogP contribution in [-0.4, -0.2) is 32.6 Å². The van der Waals surface area contributed by atoms with Crippen LogP contribution < -0.4 is 19.7 Å². The van der Waals surface area contributed by atoms with E-state index in [-0.39, 0.29) is 18.2 Å². The largest absolute Gasteiger partial charge is 0.497 e. The molecule has 0 aromatic heterocycles. The maximum atomic E-state index is 12.8. The minimum atomic E-state index is -0.396. The molecule has 2 aliphatic rings. The van der Waals surface area contributed by atoms with E-state index in [2.05, 4.69) is 17.4 Å². The summed E-state index contributed by atoms with van der Waals surface area (Å²) in [6.45, 7) is 0.332. The first-order valence-electron chi connectivity index (χ1n) is 9.54. The molecule has 1 heterocycles. The number of fused-ring (bicyclic) bond motifs is 1. The average Bonchev–Trinajstić information content (AvgIpc) is 3.33. The number of methoxy groups -OCH3 is 2. The van der Waals surface area contributed by atoms with E-state index in [4.69, 9.17) is 9.47 Å². The molecule has 6 nitrogen and oxygen atoms in total. The molecule has 4 rings (SSSR count). The van der Waals surface area contributed by atoms with Gasteiger partial charge in [0, 0.05) is 24.7 Å². The van der Waals surface area contributed by atoms with Gasteiger partial charge < -0.3 is 19.7 Å². The molecule has 1 aliphatic carbocycles. The first-order chi connectivity index (χ1) is 13.6. The van der Waals surface area contributed by atoms with E-state index in [1.54, 1.807) is 37.3 Å². The van der Waals surface area contributed by atoms with Crippen molar-refractivity contribution in [3.63, 3.8) is 0 Å². The number of carbonyl (C=O) groups excluding carboxylic acids is 2. The van der Waals surface area contributed by atoms with E-state index < -0.39 is 5.92 Å². The fraction of sp³-hybridized carbons (Fsp3) is 0.364. The first kappa shape index (κ1) is 18.3. The summed E-state index contributed by atoms with van der Waals surface area (Å²) in [7, 11) is 3.13. The lowest BCUT2D eigenvalue weighted by atomic mass is 10.1. The molecular weight excluding hydrogens is 356 g/mol. The number of anilines is 2. The van der Waals surface area contributed by atoms with Crippen molar-refractivity contribution in [2.45, 2.75) is 25.7 Å². The lowest BCUT2D eigenvalue weighted by Gasteiger charge is -2.20. The minimum Gasteiger partial charge on any atom is -0.497 e. The third kappa shape index (κ3) is 3.42. The first-order valence-corrected chi connectivity index (χ1v) is 9.54. The van der Waals surface area contributed by atoms with E-state index in [1.165, 1.54) is 17.5 Å². The van der Waals surface area contributed by atoms with Crippen LogP contribution in [0.5, 0.6) is 11.5 Å². The van der Waals surface area contributed by atoms with Gasteiger partial charge in [0.05, 0.1) is 25.8 Å². The second-order valence-corrected chi connectivity index (χ2v) is 7.27. The van der Waals surface area contributed by atoms with Crippen molar-refractivity contribution >= 4 is 23.2 Å². The summed E-state index contributed by atoms with van der Waals surface area (Å²) in [5.41, 5.74) is 4.14. The van der Waals surface area contributed by atoms with Gasteiger partial charge in [-0.1, -0.05) is 6.07 Å². The Morgan fingerprint density at radius 2 is 1.89 bits per heavy atom. The van der Waals surface area contributed by atoms with Crippen LogP contribution in [0.3, 0.4) is 0 Å². The zero-order valence-electron chi connectivity index (χ0n) is 16.2. The van der Waals surface area contributed by atoms with Gasteiger partial charge in [0.1, 0.15) is 11.5 Å². The number of aryl methyl sites for hydroxylation is 2. The lowest BCUT2D eigenvalue weighted by molar-refractivity contribution is -0.122. The Morgan fingerprint density at radius 1 is 1.07 bits per heavy atom. The molecular formula is C22H24N2O4. The maximum absolute atomic E-state index is 12.8. The molecule has 0 spiro atoms. The second-order valence-electron chi connectivity index (χ2n) is 7.27. The minimum absolute atomic E-state index is 0.0856. The molecule has 0 bridgehead atoms. The van der Waals surface area contributed by atoms with Crippen molar-refractivity contribution in [2.24, 2.45) is 5.92 Å². The predicted octanol–water partition coefficient (Wildman–Crippen LogP) is 3.18. The highest BCUT2D eigenvalue weighted by Gasteiger charge is 2.36. The van der Waals surface area contributed by atoms with E-state index in [1.807, 2.05) is 6.07 Å². The van der Waals surface area contributed by atoms with Gasteiger partial charge >= 0.3 is 0 Å². The quantitative estimate of drug-likeness (QED) is 0.865. The van der Waals surface area contributed by atoms with Gasteiger partial charge in [0.15, 0.2) is 0 Å². The molecule has 0 radical (unpaired) electrons. The van der Waals surface area contributed by atoms with Crippen LogP contribution >= 0.6 is 0 Å². The number of nitrogens with zero attached hydrogens (tertiary/aromatic N) is 1. The fourth-order valence-corrected chi connectivity index (χ4v) is 4.02. The molecule has 6 heteroatoms. The summed E-state index contributed by atoms with van der Waals surface area (Å²) in [6.07, 6.45) is 3.53. The van der Waals surface area contributed by atoms with Crippen LogP contribution in [0.2, 0.25) is 0 Å². The van der Waals surface area contributed by atoms with Crippen LogP contribution in [0.4, 0.5) is 11.4 Å². The summed E-state index contributed by atoms with van der Waals surface area (Å²) in [5, 5.41) is 2.98. The molecule has 0 unspecified atom stereocenters. The van der Waals surface area contributed by atoms with E-state index in [9.17, 15) is 9.59 Å². The Labute approximate surface area is 164 Å². The number of hydrogen-bond donors (Lipinski definition) is 1. The molecule has 1 fully saturated rings. The van der Waals surface area contributed by atoms with Gasteiger partial charge in [-0.15, -0.1) is 0 Å². The molecule has 0 saturated carbocycles. The van der Waals surface area contributed by atoms with Gasteiger partial charge in [-0.2, -0.15) is 0 Å². The van der Waals surface area contributed by atoms with Crippen molar-refractivity contribution in [1.29, 1.82) is 0 Å². The molecule has 1 N–H and O–H groups in total. The maximum Gasteiger partial charge on any atom is 0.229 e. The summed E-state index contributed by atoms with van der Waals surface area (Å²) in [6, 6.07) is 11.4. The van der Waals surface area contributed by atoms with Crippen LogP contribution in [0, 0.1) is 5.92 Å². The number of carbonyl (C=O) groups is 2. The monoisotopic (exact) mass is 380 g/mol. The Kier molecular flexibility index (Phi) is 4.94. The van der Waals surface area contributed by atoms with Crippen LogP contribution in [0.25, 0.3) is 0 Å². The molecule has 2 aromatic rings. The van der Waals surface area contributed by atoms with E-state index in [0.29, 0.717) is 23.7 Å². The number of nitrogens with one attached hydrogen (secondary N) is 1. The van der Waals surface area contributed by atoms with E-state index >= 15 is 0 Å². The average molecular weight is 380 g/mol. The third-order valence-corrected chi connectivity index (χ3v) is 5.54. The summed E-state index contributed by atoms with van der Waals surface area (Å²) < 4.78 is 10.6. The standard InChI is InChI=1S/C22H24N2O4/c1-27-18-8-9-19(20(12-18)28-2)24-13-16(11-21(24)25)22(26)23-17-7-6-14-4-3-5-15(14)10-17/h6-10,12,16H,3-5,11,13H2,1-2H3,(H,23,26)/t16-/m1/s1. The molecule has 2 amide bonds. The normalized spacial score (nSPS) is 18.1. The summed E-state index contributed by atoms with van der Waals surface area (Å²) >= 11 is 0. The molecule has 1 saturated heterocycles. The zero-order valence-corrected chi connectivity index (χ0v) is 16.2. The summed E-state index contributed by atoms with van der Waals surface area (Å²) in [4.78, 5) is 26.9.